The van der Waals surface area contributed by atoms with Gasteiger partial charge < -0.3 is 0 Å². The molecule has 1 rings (SSSR count). The molecule has 1 aromatic heterocycles. The Bertz CT molecular complexity index is 392. The van der Waals surface area contributed by atoms with Crippen molar-refractivity contribution < 1.29 is 4.79 Å². The summed E-state index contributed by atoms with van der Waals surface area (Å²) in [5.74, 6) is -0.593. The summed E-state index contributed by atoms with van der Waals surface area (Å²) < 4.78 is 0.989. The van der Waals surface area contributed by atoms with Gasteiger partial charge in [0.15, 0.2) is 0 Å². The molecule has 13 heavy (non-hydrogen) atoms. The number of amides is 1. The molecule has 0 bridgehead atoms. The monoisotopic (exact) mass is 257 g/mol. The minimum atomic E-state index is -0.593. The summed E-state index contributed by atoms with van der Waals surface area (Å²) in [7, 11) is 0. The van der Waals surface area contributed by atoms with E-state index in [1.54, 1.807) is 6.08 Å². The first kappa shape index (κ1) is 9.98. The molecule has 1 amide bonds. The summed E-state index contributed by atoms with van der Waals surface area (Å²) >= 11 is 4.81. The van der Waals surface area contributed by atoms with Gasteiger partial charge in [-0.3, -0.25) is 4.79 Å². The van der Waals surface area contributed by atoms with Crippen molar-refractivity contribution in [1.29, 1.82) is 0 Å². The number of hydrogen-bond donors (Lipinski definition) is 0. The van der Waals surface area contributed by atoms with Crippen molar-refractivity contribution in [2.45, 2.75) is 0 Å². The summed E-state index contributed by atoms with van der Waals surface area (Å²) in [6, 6.07) is 1.87. The van der Waals surface area contributed by atoms with Gasteiger partial charge in [-0.2, -0.15) is 0 Å². The molecule has 0 aromatic carbocycles. The molecular formula is C7H4BrN3OS. The van der Waals surface area contributed by atoms with Gasteiger partial charge in [0.05, 0.1) is 3.79 Å². The fourth-order valence-electron chi connectivity index (χ4n) is 0.656. The molecule has 66 valence electrons. The highest BCUT2D eigenvalue weighted by atomic mass is 79.9. The summed E-state index contributed by atoms with van der Waals surface area (Å²) in [4.78, 5) is 13.1. The second-order valence-electron chi connectivity index (χ2n) is 2.05. The SMILES string of the molecule is [N-]=[N+]=NC(=O)/C=C/c1csc(Br)c1. The van der Waals surface area contributed by atoms with Crippen LogP contribution in [0.1, 0.15) is 5.56 Å². The zero-order valence-electron chi connectivity index (χ0n) is 6.35. The van der Waals surface area contributed by atoms with E-state index in [2.05, 4.69) is 26.0 Å². The van der Waals surface area contributed by atoms with Crippen LogP contribution in [0.25, 0.3) is 16.5 Å². The van der Waals surface area contributed by atoms with Gasteiger partial charge in [-0.1, -0.05) is 6.08 Å². The van der Waals surface area contributed by atoms with Crippen LogP contribution in [0.3, 0.4) is 0 Å². The Morgan fingerprint density at radius 2 is 2.54 bits per heavy atom. The predicted octanol–water partition coefficient (Wildman–Crippen LogP) is 3.36. The highest BCUT2D eigenvalue weighted by Gasteiger charge is 1.93. The molecule has 0 spiro atoms. The van der Waals surface area contributed by atoms with Crippen molar-refractivity contribution in [1.82, 2.24) is 0 Å². The molecule has 0 unspecified atom stereocenters. The van der Waals surface area contributed by atoms with Crippen LogP contribution in [0.4, 0.5) is 0 Å². The first-order chi connectivity index (χ1) is 6.22. The molecule has 1 aromatic rings. The Morgan fingerprint density at radius 3 is 3.08 bits per heavy atom. The molecule has 1 heterocycles. The Hall–Kier alpha value is -1.10. The molecule has 0 aliphatic rings. The number of carbonyl (C=O) groups is 1. The lowest BCUT2D eigenvalue weighted by molar-refractivity contribution is -0.113. The third-order valence-corrected chi connectivity index (χ3v) is 2.67. The van der Waals surface area contributed by atoms with Gasteiger partial charge in [0.2, 0.25) is 5.91 Å². The van der Waals surface area contributed by atoms with E-state index in [0.29, 0.717) is 0 Å². The number of carbonyl (C=O) groups excluding carboxylic acids is 1. The van der Waals surface area contributed by atoms with E-state index >= 15 is 0 Å². The Labute approximate surface area is 86.6 Å². The van der Waals surface area contributed by atoms with Gasteiger partial charge in [-0.15, -0.1) is 11.3 Å². The molecule has 0 fully saturated rings. The van der Waals surface area contributed by atoms with E-state index in [1.807, 2.05) is 11.4 Å². The molecule has 0 saturated heterocycles. The van der Waals surface area contributed by atoms with Crippen molar-refractivity contribution in [2.24, 2.45) is 5.11 Å². The summed E-state index contributed by atoms with van der Waals surface area (Å²) in [5, 5.41) is 4.77. The summed E-state index contributed by atoms with van der Waals surface area (Å²) in [6.45, 7) is 0. The van der Waals surface area contributed by atoms with E-state index in [4.69, 9.17) is 5.53 Å². The van der Waals surface area contributed by atoms with Gasteiger partial charge in [-0.25, -0.2) is 0 Å². The predicted molar refractivity (Wildman–Crippen MR) is 55.2 cm³/mol. The van der Waals surface area contributed by atoms with E-state index in [1.165, 1.54) is 17.4 Å². The van der Waals surface area contributed by atoms with Crippen molar-refractivity contribution >= 4 is 39.2 Å². The van der Waals surface area contributed by atoms with Crippen LogP contribution < -0.4 is 0 Å². The van der Waals surface area contributed by atoms with Gasteiger partial charge in [-0.05, 0) is 49.7 Å². The van der Waals surface area contributed by atoms with E-state index < -0.39 is 5.91 Å². The van der Waals surface area contributed by atoms with Crippen molar-refractivity contribution in [3.8, 4) is 0 Å². The van der Waals surface area contributed by atoms with Gasteiger partial charge in [0.25, 0.3) is 0 Å². The number of thiophene rings is 1. The highest BCUT2D eigenvalue weighted by Crippen LogP contribution is 2.21. The zero-order valence-corrected chi connectivity index (χ0v) is 8.75. The number of azide groups is 1. The van der Waals surface area contributed by atoms with E-state index in [0.717, 1.165) is 9.35 Å². The Morgan fingerprint density at radius 1 is 1.77 bits per heavy atom. The van der Waals surface area contributed by atoms with E-state index in [-0.39, 0.29) is 0 Å². The third-order valence-electron chi connectivity index (χ3n) is 1.15. The van der Waals surface area contributed by atoms with Crippen LogP contribution in [0.2, 0.25) is 0 Å². The van der Waals surface area contributed by atoms with Crippen LogP contribution in [0.5, 0.6) is 0 Å². The highest BCUT2D eigenvalue weighted by molar-refractivity contribution is 9.11. The molecule has 0 N–H and O–H groups in total. The number of nitrogens with zero attached hydrogens (tertiary/aromatic N) is 3. The summed E-state index contributed by atoms with van der Waals surface area (Å²) in [5.41, 5.74) is 8.84. The lowest BCUT2D eigenvalue weighted by atomic mass is 10.3. The van der Waals surface area contributed by atoms with Gasteiger partial charge >= 0.3 is 0 Å². The first-order valence-corrected chi connectivity index (χ1v) is 4.91. The topological polar surface area (TPSA) is 65.8 Å². The smallest absolute Gasteiger partial charge is 0.242 e. The Balaban J connectivity index is 2.68. The molecule has 0 aliphatic heterocycles. The summed E-state index contributed by atoms with van der Waals surface area (Å²) in [6.07, 6.45) is 2.83. The quantitative estimate of drug-likeness (QED) is 0.347. The third kappa shape index (κ3) is 3.42. The van der Waals surface area contributed by atoms with Crippen LogP contribution in [0.15, 0.2) is 26.4 Å². The maximum absolute atomic E-state index is 10.7. The number of halogens is 1. The van der Waals surface area contributed by atoms with Crippen molar-refractivity contribution in [2.75, 3.05) is 0 Å². The number of hydrogen-bond acceptors (Lipinski definition) is 2. The first-order valence-electron chi connectivity index (χ1n) is 3.23. The van der Waals surface area contributed by atoms with Gasteiger partial charge in [0.1, 0.15) is 0 Å². The van der Waals surface area contributed by atoms with Crippen LogP contribution >= 0.6 is 27.3 Å². The fourth-order valence-corrected chi connectivity index (χ4v) is 1.80. The van der Waals surface area contributed by atoms with Crippen molar-refractivity contribution in [3.63, 3.8) is 0 Å². The lowest BCUT2D eigenvalue weighted by Crippen LogP contribution is -1.81. The maximum Gasteiger partial charge on any atom is 0.242 e. The minimum Gasteiger partial charge on any atom is -0.288 e. The zero-order chi connectivity index (χ0) is 9.68. The fraction of sp³-hybridized carbons (Fsp3) is 0. The standard InChI is InChI=1S/C7H4BrN3OS/c8-6-3-5(4-13-6)1-2-7(12)10-11-9/h1-4H/b2-1+. The van der Waals surface area contributed by atoms with Crippen LogP contribution in [-0.2, 0) is 4.79 Å². The number of rotatable bonds is 2. The lowest BCUT2D eigenvalue weighted by Gasteiger charge is -1.80. The second-order valence-corrected chi connectivity index (χ2v) is 4.34. The Kier molecular flexibility index (Phi) is 3.70. The van der Waals surface area contributed by atoms with Crippen LogP contribution in [0, 0.1) is 0 Å². The maximum atomic E-state index is 10.7. The molecule has 0 aliphatic carbocycles. The van der Waals surface area contributed by atoms with E-state index in [9.17, 15) is 4.79 Å². The molecule has 0 saturated carbocycles. The second kappa shape index (κ2) is 4.81. The van der Waals surface area contributed by atoms with Gasteiger partial charge in [0, 0.05) is 4.91 Å². The normalized spacial score (nSPS) is 9.92. The average Bonchev–Trinajstić information content (AvgIpc) is 2.49. The van der Waals surface area contributed by atoms with Crippen LogP contribution in [-0.4, -0.2) is 5.91 Å². The molecule has 0 radical (unpaired) electrons. The molecule has 6 heteroatoms. The average molecular weight is 258 g/mol. The molecule has 0 atom stereocenters. The van der Waals surface area contributed by atoms with Crippen molar-refractivity contribution in [3.05, 3.63) is 37.3 Å². The molecule has 4 nitrogen and oxygen atoms in total. The molecular weight excluding hydrogens is 254 g/mol. The minimum absolute atomic E-state index is 0.593. The largest absolute Gasteiger partial charge is 0.288 e.